The molecule has 0 saturated carbocycles. The predicted octanol–water partition coefficient (Wildman–Crippen LogP) is 0.598. The van der Waals surface area contributed by atoms with Gasteiger partial charge in [0.1, 0.15) is 5.54 Å². The summed E-state index contributed by atoms with van der Waals surface area (Å²) in [4.78, 5) is 16.7. The number of carbonyl (C=O) groups excluding carboxylic acids is 1. The first kappa shape index (κ1) is 13.6. The summed E-state index contributed by atoms with van der Waals surface area (Å²) >= 11 is 0. The van der Waals surface area contributed by atoms with Crippen LogP contribution in [-0.4, -0.2) is 25.2 Å². The lowest BCUT2D eigenvalue weighted by atomic mass is 10.1. The Labute approximate surface area is 101 Å². The molecule has 1 amide bonds. The molecule has 0 fully saturated rings. The Kier molecular flexibility index (Phi) is 5.09. The van der Waals surface area contributed by atoms with Crippen LogP contribution in [0.3, 0.4) is 0 Å². The Bertz CT molecular complexity index is 352. The number of hydrogen-bond acceptors (Lipinski definition) is 4. The van der Waals surface area contributed by atoms with Crippen molar-refractivity contribution < 1.29 is 14.4 Å². The molecule has 1 atom stereocenters. The van der Waals surface area contributed by atoms with Crippen LogP contribution in [0.1, 0.15) is 12.5 Å². The molecule has 0 aliphatic rings. The molecule has 17 heavy (non-hydrogen) atoms. The third-order valence-corrected chi connectivity index (χ3v) is 2.21. The number of nitrogens with one attached hydrogen (secondary N) is 1. The van der Waals surface area contributed by atoms with Crippen molar-refractivity contribution in [2.24, 2.45) is 5.73 Å². The summed E-state index contributed by atoms with van der Waals surface area (Å²) in [6, 6.07) is 9.53. The molecule has 5 heteroatoms. The normalized spacial score (nSPS) is 14.1. The average molecular weight is 238 g/mol. The number of hydroxylamine groups is 1. The molecule has 0 bridgehead atoms. The van der Waals surface area contributed by atoms with Crippen LogP contribution >= 0.6 is 0 Å². The maximum Gasteiger partial charge on any atom is 0.265 e. The summed E-state index contributed by atoms with van der Waals surface area (Å²) in [5.74, 6) is -0.407. The van der Waals surface area contributed by atoms with Gasteiger partial charge in [0.05, 0.1) is 13.2 Å². The molecule has 0 aliphatic carbocycles. The maximum absolute atomic E-state index is 11.6. The van der Waals surface area contributed by atoms with Gasteiger partial charge in [-0.3, -0.25) is 9.63 Å². The van der Waals surface area contributed by atoms with E-state index >= 15 is 0 Å². The van der Waals surface area contributed by atoms with E-state index in [9.17, 15) is 4.79 Å². The lowest BCUT2D eigenvalue weighted by Crippen LogP contribution is -2.54. The standard InChI is InChI=1S/C12H18N2O3/c1-12(13,9-16-2)11(15)14-17-8-10-6-4-3-5-7-10/h3-7H,8-9,13H2,1-2H3,(H,14,15). The van der Waals surface area contributed by atoms with Crippen LogP contribution in [0.5, 0.6) is 0 Å². The Morgan fingerprint density at radius 3 is 2.65 bits per heavy atom. The summed E-state index contributed by atoms with van der Waals surface area (Å²) < 4.78 is 4.85. The van der Waals surface area contributed by atoms with Crippen LogP contribution in [-0.2, 0) is 21.0 Å². The zero-order valence-electron chi connectivity index (χ0n) is 10.1. The number of benzene rings is 1. The molecule has 3 N–H and O–H groups in total. The maximum atomic E-state index is 11.6. The monoisotopic (exact) mass is 238 g/mol. The highest BCUT2D eigenvalue weighted by Gasteiger charge is 2.28. The second kappa shape index (κ2) is 6.34. The minimum atomic E-state index is -1.09. The van der Waals surface area contributed by atoms with Crippen molar-refractivity contribution in [1.29, 1.82) is 0 Å². The summed E-state index contributed by atoms with van der Waals surface area (Å²) in [5, 5.41) is 0. The minimum absolute atomic E-state index is 0.132. The van der Waals surface area contributed by atoms with Crippen LogP contribution in [0.4, 0.5) is 0 Å². The van der Waals surface area contributed by atoms with E-state index in [-0.39, 0.29) is 6.61 Å². The molecule has 0 spiro atoms. The van der Waals surface area contributed by atoms with Gasteiger partial charge in [-0.1, -0.05) is 30.3 Å². The molecule has 0 aliphatic heterocycles. The van der Waals surface area contributed by atoms with Gasteiger partial charge in [-0.2, -0.15) is 0 Å². The number of amides is 1. The quantitative estimate of drug-likeness (QED) is 0.712. The average Bonchev–Trinajstić information content (AvgIpc) is 2.30. The predicted molar refractivity (Wildman–Crippen MR) is 63.8 cm³/mol. The van der Waals surface area contributed by atoms with Gasteiger partial charge >= 0.3 is 0 Å². The smallest absolute Gasteiger partial charge is 0.265 e. The van der Waals surface area contributed by atoms with Crippen LogP contribution in [0.15, 0.2) is 30.3 Å². The largest absolute Gasteiger partial charge is 0.382 e. The number of hydrogen-bond donors (Lipinski definition) is 2. The molecule has 0 aromatic heterocycles. The van der Waals surface area contributed by atoms with E-state index in [1.807, 2.05) is 30.3 Å². The van der Waals surface area contributed by atoms with E-state index in [4.69, 9.17) is 15.3 Å². The van der Waals surface area contributed by atoms with E-state index in [1.165, 1.54) is 7.11 Å². The third-order valence-electron chi connectivity index (χ3n) is 2.21. The SMILES string of the molecule is COCC(C)(N)C(=O)NOCc1ccccc1. The van der Waals surface area contributed by atoms with Crippen molar-refractivity contribution in [1.82, 2.24) is 5.48 Å². The Hall–Kier alpha value is -1.43. The third kappa shape index (κ3) is 4.52. The number of carbonyl (C=O) groups is 1. The van der Waals surface area contributed by atoms with Crippen LogP contribution in [0, 0.1) is 0 Å². The molecule has 1 unspecified atom stereocenters. The first-order chi connectivity index (χ1) is 8.06. The number of ether oxygens (including phenoxy) is 1. The van der Waals surface area contributed by atoms with Crippen molar-refractivity contribution in [3.05, 3.63) is 35.9 Å². The zero-order valence-corrected chi connectivity index (χ0v) is 10.1. The van der Waals surface area contributed by atoms with E-state index in [0.717, 1.165) is 5.56 Å². The van der Waals surface area contributed by atoms with Crippen molar-refractivity contribution in [3.63, 3.8) is 0 Å². The summed E-state index contributed by atoms with van der Waals surface area (Å²) in [6.45, 7) is 2.01. The molecule has 0 heterocycles. The molecule has 0 saturated heterocycles. The van der Waals surface area contributed by atoms with Gasteiger partial charge < -0.3 is 10.5 Å². The van der Waals surface area contributed by atoms with Gasteiger partial charge in [-0.15, -0.1) is 0 Å². The molecule has 5 nitrogen and oxygen atoms in total. The fourth-order valence-corrected chi connectivity index (χ4v) is 1.24. The van der Waals surface area contributed by atoms with Crippen molar-refractivity contribution in [2.45, 2.75) is 19.1 Å². The first-order valence-electron chi connectivity index (χ1n) is 5.30. The summed E-state index contributed by atoms with van der Waals surface area (Å²) in [5.41, 5.74) is 7.92. The molecular weight excluding hydrogens is 220 g/mol. The van der Waals surface area contributed by atoms with Crippen LogP contribution < -0.4 is 11.2 Å². The summed E-state index contributed by atoms with van der Waals surface area (Å²) in [7, 11) is 1.49. The van der Waals surface area contributed by atoms with Gasteiger partial charge in [0.15, 0.2) is 0 Å². The highest BCUT2D eigenvalue weighted by molar-refractivity contribution is 5.84. The zero-order chi connectivity index (χ0) is 12.7. The molecule has 0 radical (unpaired) electrons. The lowest BCUT2D eigenvalue weighted by Gasteiger charge is -2.21. The Morgan fingerprint density at radius 1 is 1.41 bits per heavy atom. The van der Waals surface area contributed by atoms with E-state index in [0.29, 0.717) is 6.61 Å². The molecule has 94 valence electrons. The van der Waals surface area contributed by atoms with Crippen LogP contribution in [0.25, 0.3) is 0 Å². The molecule has 1 rings (SSSR count). The number of methoxy groups -OCH3 is 1. The number of nitrogens with two attached hydrogens (primary N) is 1. The van der Waals surface area contributed by atoms with Crippen molar-refractivity contribution in [2.75, 3.05) is 13.7 Å². The molecule has 1 aromatic rings. The van der Waals surface area contributed by atoms with Crippen molar-refractivity contribution >= 4 is 5.91 Å². The van der Waals surface area contributed by atoms with E-state index in [1.54, 1.807) is 6.92 Å². The lowest BCUT2D eigenvalue weighted by molar-refractivity contribution is -0.141. The van der Waals surface area contributed by atoms with Gasteiger partial charge in [0.2, 0.25) is 0 Å². The van der Waals surface area contributed by atoms with Gasteiger partial charge in [0.25, 0.3) is 5.91 Å². The fourth-order valence-electron chi connectivity index (χ4n) is 1.24. The van der Waals surface area contributed by atoms with Crippen molar-refractivity contribution in [3.8, 4) is 0 Å². The second-order valence-corrected chi connectivity index (χ2v) is 4.06. The highest BCUT2D eigenvalue weighted by Crippen LogP contribution is 2.02. The van der Waals surface area contributed by atoms with Gasteiger partial charge in [0, 0.05) is 7.11 Å². The minimum Gasteiger partial charge on any atom is -0.382 e. The fraction of sp³-hybridized carbons (Fsp3) is 0.417. The summed E-state index contributed by atoms with van der Waals surface area (Å²) in [6.07, 6.45) is 0. The topological polar surface area (TPSA) is 73.6 Å². The van der Waals surface area contributed by atoms with Crippen LogP contribution in [0.2, 0.25) is 0 Å². The first-order valence-corrected chi connectivity index (χ1v) is 5.30. The molecular formula is C12H18N2O3. The molecule has 1 aromatic carbocycles. The van der Waals surface area contributed by atoms with Gasteiger partial charge in [-0.05, 0) is 12.5 Å². The Morgan fingerprint density at radius 2 is 2.06 bits per heavy atom. The number of rotatable bonds is 6. The Balaban J connectivity index is 2.34. The highest BCUT2D eigenvalue weighted by atomic mass is 16.7. The van der Waals surface area contributed by atoms with Gasteiger partial charge in [-0.25, -0.2) is 5.48 Å². The van der Waals surface area contributed by atoms with E-state index < -0.39 is 11.4 Å². The second-order valence-electron chi connectivity index (χ2n) is 4.06. The van der Waals surface area contributed by atoms with E-state index in [2.05, 4.69) is 5.48 Å².